The third-order valence-electron chi connectivity index (χ3n) is 3.78. The molecule has 0 bridgehead atoms. The molecular formula is C14H15ClN4O. The Labute approximate surface area is 121 Å². The molecule has 1 unspecified atom stereocenters. The van der Waals surface area contributed by atoms with Crippen LogP contribution in [0.1, 0.15) is 25.0 Å². The smallest absolute Gasteiger partial charge is 0.226 e. The molecule has 1 atom stereocenters. The van der Waals surface area contributed by atoms with Gasteiger partial charge in [-0.1, -0.05) is 11.6 Å². The highest BCUT2D eigenvalue weighted by Gasteiger charge is 2.22. The van der Waals surface area contributed by atoms with Gasteiger partial charge < -0.3 is 10.6 Å². The molecule has 1 aliphatic rings. The maximum atomic E-state index is 11.4. The molecular weight excluding hydrogens is 276 g/mol. The van der Waals surface area contributed by atoms with Gasteiger partial charge in [0.15, 0.2) is 0 Å². The highest BCUT2D eigenvalue weighted by molar-refractivity contribution is 6.30. The Balaban J connectivity index is 2.22. The molecule has 1 fully saturated rings. The molecule has 3 rings (SSSR count). The molecule has 0 aliphatic carbocycles. The predicted octanol–water partition coefficient (Wildman–Crippen LogP) is 2.08. The Bertz CT molecular complexity index is 684. The first-order valence-corrected chi connectivity index (χ1v) is 6.94. The molecule has 5 nitrogen and oxygen atoms in total. The van der Waals surface area contributed by atoms with Crippen molar-refractivity contribution in [1.29, 1.82) is 0 Å². The van der Waals surface area contributed by atoms with Crippen molar-refractivity contribution >= 4 is 34.0 Å². The maximum Gasteiger partial charge on any atom is 0.226 e. The van der Waals surface area contributed by atoms with Gasteiger partial charge in [-0.15, -0.1) is 0 Å². The van der Waals surface area contributed by atoms with Crippen LogP contribution in [0.5, 0.6) is 0 Å². The minimum absolute atomic E-state index is 0.387. The normalized spacial score (nSPS) is 16.0. The second kappa shape index (κ2) is 4.90. The van der Waals surface area contributed by atoms with E-state index < -0.39 is 11.8 Å². The first-order chi connectivity index (χ1) is 9.58. The monoisotopic (exact) mass is 290 g/mol. The summed E-state index contributed by atoms with van der Waals surface area (Å²) in [5, 5.41) is 2.20. The van der Waals surface area contributed by atoms with E-state index in [0.717, 1.165) is 29.5 Å². The van der Waals surface area contributed by atoms with Crippen LogP contribution in [0.4, 0.5) is 5.69 Å². The summed E-state index contributed by atoms with van der Waals surface area (Å²) in [6.07, 6.45) is 4.72. The zero-order valence-corrected chi connectivity index (χ0v) is 11.9. The van der Waals surface area contributed by atoms with E-state index in [2.05, 4.69) is 14.9 Å². The van der Waals surface area contributed by atoms with Gasteiger partial charge in [0.05, 0.1) is 23.5 Å². The van der Waals surface area contributed by atoms with E-state index in [1.807, 2.05) is 0 Å². The summed E-state index contributed by atoms with van der Waals surface area (Å²) in [5.74, 6) is -0.857. The number of fused-ring (bicyclic) bond motifs is 1. The highest BCUT2D eigenvalue weighted by atomic mass is 35.5. The van der Waals surface area contributed by atoms with Gasteiger partial charge in [0.2, 0.25) is 5.91 Å². The van der Waals surface area contributed by atoms with Crippen LogP contribution < -0.4 is 10.6 Å². The SMILES string of the molecule is CC(C(N)=O)c1ncc(N2CCC2)c2cnc(Cl)cc12. The van der Waals surface area contributed by atoms with Crippen LogP contribution in [0.15, 0.2) is 18.5 Å². The Morgan fingerprint density at radius 1 is 1.35 bits per heavy atom. The molecule has 1 saturated heterocycles. The van der Waals surface area contributed by atoms with Crippen molar-refractivity contribution in [3.8, 4) is 0 Å². The number of nitrogens with zero attached hydrogens (tertiary/aromatic N) is 3. The molecule has 1 aliphatic heterocycles. The Kier molecular flexibility index (Phi) is 3.22. The molecule has 0 radical (unpaired) electrons. The molecule has 20 heavy (non-hydrogen) atoms. The van der Waals surface area contributed by atoms with Gasteiger partial charge in [-0.05, 0) is 19.4 Å². The highest BCUT2D eigenvalue weighted by Crippen LogP contribution is 2.33. The molecule has 2 N–H and O–H groups in total. The van der Waals surface area contributed by atoms with Gasteiger partial charge in [0.1, 0.15) is 5.15 Å². The predicted molar refractivity (Wildman–Crippen MR) is 79.0 cm³/mol. The fourth-order valence-electron chi connectivity index (χ4n) is 2.40. The maximum absolute atomic E-state index is 11.4. The van der Waals surface area contributed by atoms with Crippen molar-refractivity contribution in [2.45, 2.75) is 19.3 Å². The standard InChI is InChI=1S/C14H15ClN4O/c1-8(14(16)20)13-9-5-12(15)17-6-10(9)11(7-18-13)19-3-2-4-19/h5-8H,2-4H2,1H3,(H2,16,20). The summed E-state index contributed by atoms with van der Waals surface area (Å²) in [6.45, 7) is 3.79. The fourth-order valence-corrected chi connectivity index (χ4v) is 2.56. The molecule has 2 aromatic rings. The van der Waals surface area contributed by atoms with Gasteiger partial charge >= 0.3 is 0 Å². The number of primary amides is 1. The number of anilines is 1. The summed E-state index contributed by atoms with van der Waals surface area (Å²) < 4.78 is 0. The third-order valence-corrected chi connectivity index (χ3v) is 3.99. The summed E-state index contributed by atoms with van der Waals surface area (Å²) in [7, 11) is 0. The average molecular weight is 291 g/mol. The van der Waals surface area contributed by atoms with Gasteiger partial charge in [-0.25, -0.2) is 4.98 Å². The Morgan fingerprint density at radius 2 is 2.10 bits per heavy atom. The number of hydrogen-bond acceptors (Lipinski definition) is 4. The lowest BCUT2D eigenvalue weighted by molar-refractivity contribution is -0.119. The van der Waals surface area contributed by atoms with Gasteiger partial charge in [0.25, 0.3) is 0 Å². The van der Waals surface area contributed by atoms with E-state index >= 15 is 0 Å². The summed E-state index contributed by atoms with van der Waals surface area (Å²) in [4.78, 5) is 22.3. The zero-order valence-electron chi connectivity index (χ0n) is 11.1. The Hall–Kier alpha value is -1.88. The number of aromatic nitrogens is 2. The summed E-state index contributed by atoms with van der Waals surface area (Å²) >= 11 is 5.99. The number of pyridine rings is 2. The second-order valence-electron chi connectivity index (χ2n) is 5.05. The quantitative estimate of drug-likeness (QED) is 0.879. The molecule has 1 amide bonds. The number of hydrogen-bond donors (Lipinski definition) is 1. The fraction of sp³-hybridized carbons (Fsp3) is 0.357. The van der Waals surface area contributed by atoms with Crippen LogP contribution in [-0.2, 0) is 4.79 Å². The number of amides is 1. The molecule has 0 aromatic carbocycles. The van der Waals surface area contributed by atoms with Crippen LogP contribution >= 0.6 is 11.6 Å². The van der Waals surface area contributed by atoms with Crippen molar-refractivity contribution < 1.29 is 4.79 Å². The van der Waals surface area contributed by atoms with Crippen molar-refractivity contribution in [2.24, 2.45) is 5.73 Å². The number of carbonyl (C=O) groups is 1. The average Bonchev–Trinajstić information content (AvgIpc) is 2.35. The number of rotatable bonds is 3. The second-order valence-corrected chi connectivity index (χ2v) is 5.43. The van der Waals surface area contributed by atoms with E-state index in [0.29, 0.717) is 10.8 Å². The van der Waals surface area contributed by atoms with Crippen molar-refractivity contribution in [2.75, 3.05) is 18.0 Å². The molecule has 2 aromatic heterocycles. The van der Waals surface area contributed by atoms with E-state index in [4.69, 9.17) is 17.3 Å². The van der Waals surface area contributed by atoms with Gasteiger partial charge in [-0.2, -0.15) is 0 Å². The third kappa shape index (κ3) is 2.08. The van der Waals surface area contributed by atoms with E-state index in [1.54, 1.807) is 25.4 Å². The number of halogens is 1. The summed E-state index contributed by atoms with van der Waals surface area (Å²) in [6, 6.07) is 1.75. The number of carbonyl (C=O) groups excluding carboxylic acids is 1. The van der Waals surface area contributed by atoms with Crippen molar-refractivity contribution in [1.82, 2.24) is 9.97 Å². The van der Waals surface area contributed by atoms with Crippen LogP contribution in [0.3, 0.4) is 0 Å². The van der Waals surface area contributed by atoms with Crippen LogP contribution in [0, 0.1) is 0 Å². The molecule has 104 valence electrons. The van der Waals surface area contributed by atoms with Crippen molar-refractivity contribution in [3.05, 3.63) is 29.3 Å². The lowest BCUT2D eigenvalue weighted by Crippen LogP contribution is -2.37. The molecule has 0 spiro atoms. The van der Waals surface area contributed by atoms with Crippen LogP contribution in [0.2, 0.25) is 5.15 Å². The van der Waals surface area contributed by atoms with Crippen LogP contribution in [0.25, 0.3) is 10.8 Å². The molecule has 6 heteroatoms. The van der Waals surface area contributed by atoms with E-state index in [-0.39, 0.29) is 0 Å². The minimum atomic E-state index is -0.457. The lowest BCUT2D eigenvalue weighted by atomic mass is 9.99. The van der Waals surface area contributed by atoms with E-state index in [9.17, 15) is 4.79 Å². The zero-order chi connectivity index (χ0) is 14.3. The Morgan fingerprint density at radius 3 is 2.70 bits per heavy atom. The summed E-state index contributed by atoms with van der Waals surface area (Å²) in [5.41, 5.74) is 7.09. The first kappa shape index (κ1) is 13.1. The number of nitrogens with two attached hydrogens (primary N) is 1. The lowest BCUT2D eigenvalue weighted by Gasteiger charge is -2.34. The van der Waals surface area contributed by atoms with Crippen molar-refractivity contribution in [3.63, 3.8) is 0 Å². The largest absolute Gasteiger partial charge is 0.370 e. The minimum Gasteiger partial charge on any atom is -0.370 e. The van der Waals surface area contributed by atoms with Crippen LogP contribution in [-0.4, -0.2) is 29.0 Å². The molecule has 0 saturated carbocycles. The van der Waals surface area contributed by atoms with Gasteiger partial charge in [0, 0.05) is 30.1 Å². The van der Waals surface area contributed by atoms with E-state index in [1.165, 1.54) is 6.42 Å². The first-order valence-electron chi connectivity index (χ1n) is 6.56. The molecule has 3 heterocycles. The topological polar surface area (TPSA) is 72.1 Å². The van der Waals surface area contributed by atoms with Gasteiger partial charge in [-0.3, -0.25) is 9.78 Å².